The van der Waals surface area contributed by atoms with Crippen molar-refractivity contribution in [2.45, 2.75) is 38.8 Å². The van der Waals surface area contributed by atoms with Crippen molar-refractivity contribution in [2.24, 2.45) is 0 Å². The summed E-state index contributed by atoms with van der Waals surface area (Å²) in [4.78, 5) is 28.5. The van der Waals surface area contributed by atoms with E-state index >= 15 is 0 Å². The third-order valence-electron chi connectivity index (χ3n) is 5.26. The zero-order valence-corrected chi connectivity index (χ0v) is 19.1. The molecular formula is C27H29ClN2O2. The third-order valence-corrected chi connectivity index (χ3v) is 5.50. The molecule has 0 fully saturated rings. The smallest absolute Gasteiger partial charge is 0.243 e. The average molecular weight is 449 g/mol. The molecule has 0 saturated carbocycles. The third kappa shape index (κ3) is 6.96. The summed E-state index contributed by atoms with van der Waals surface area (Å²) in [5, 5.41) is 3.58. The number of carbonyl (C=O) groups is 2. The quantitative estimate of drug-likeness (QED) is 0.472. The minimum absolute atomic E-state index is 0.108. The molecule has 0 aliphatic carbocycles. The number of rotatable bonds is 10. The van der Waals surface area contributed by atoms with Gasteiger partial charge in [0.05, 0.1) is 6.42 Å². The summed E-state index contributed by atoms with van der Waals surface area (Å²) in [6, 6.07) is 26.3. The van der Waals surface area contributed by atoms with Crippen molar-refractivity contribution in [1.29, 1.82) is 0 Å². The van der Waals surface area contributed by atoms with E-state index in [1.54, 1.807) is 17.0 Å². The van der Waals surface area contributed by atoms with Gasteiger partial charge in [0.25, 0.3) is 0 Å². The summed E-state index contributed by atoms with van der Waals surface area (Å²) in [7, 11) is 0. The highest BCUT2D eigenvalue weighted by atomic mass is 35.5. The maximum Gasteiger partial charge on any atom is 0.243 e. The van der Waals surface area contributed by atoms with E-state index in [1.165, 1.54) is 0 Å². The summed E-state index contributed by atoms with van der Waals surface area (Å²) in [5.74, 6) is -0.241. The molecule has 5 heteroatoms. The fourth-order valence-corrected chi connectivity index (χ4v) is 3.84. The molecular weight excluding hydrogens is 420 g/mol. The Morgan fingerprint density at radius 3 is 2.12 bits per heavy atom. The molecule has 4 nitrogen and oxygen atoms in total. The van der Waals surface area contributed by atoms with Crippen LogP contribution in [0.2, 0.25) is 5.02 Å². The molecule has 1 atom stereocenters. The maximum absolute atomic E-state index is 13.5. The van der Waals surface area contributed by atoms with E-state index in [0.29, 0.717) is 24.5 Å². The molecule has 3 aromatic rings. The second-order valence-corrected chi connectivity index (χ2v) is 8.25. The Morgan fingerprint density at radius 1 is 0.875 bits per heavy atom. The van der Waals surface area contributed by atoms with Gasteiger partial charge in [-0.15, -0.1) is 0 Å². The molecule has 0 heterocycles. The van der Waals surface area contributed by atoms with Crippen LogP contribution in [-0.4, -0.2) is 29.3 Å². The number of hydrogen-bond donors (Lipinski definition) is 1. The average Bonchev–Trinajstić information content (AvgIpc) is 2.81. The van der Waals surface area contributed by atoms with Crippen LogP contribution >= 0.6 is 11.6 Å². The van der Waals surface area contributed by atoms with Crippen LogP contribution in [0, 0.1) is 0 Å². The number of nitrogens with one attached hydrogen (secondary N) is 1. The van der Waals surface area contributed by atoms with Crippen LogP contribution in [0.25, 0.3) is 0 Å². The molecule has 2 amide bonds. The summed E-state index contributed by atoms with van der Waals surface area (Å²) >= 11 is 6.13. The van der Waals surface area contributed by atoms with E-state index in [9.17, 15) is 9.59 Å². The van der Waals surface area contributed by atoms with Gasteiger partial charge in [0.2, 0.25) is 11.8 Å². The molecule has 0 bridgehead atoms. The molecule has 3 aromatic carbocycles. The molecule has 1 unspecified atom stereocenters. The van der Waals surface area contributed by atoms with Crippen LogP contribution in [-0.2, 0) is 29.0 Å². The summed E-state index contributed by atoms with van der Waals surface area (Å²) in [6.45, 7) is 2.95. The molecule has 0 aromatic heterocycles. The van der Waals surface area contributed by atoms with Crippen molar-refractivity contribution >= 4 is 23.4 Å². The first-order valence-electron chi connectivity index (χ1n) is 11.0. The van der Waals surface area contributed by atoms with Gasteiger partial charge in [-0.05, 0) is 35.2 Å². The van der Waals surface area contributed by atoms with Crippen LogP contribution in [0.4, 0.5) is 0 Å². The zero-order chi connectivity index (χ0) is 22.8. The molecule has 0 spiro atoms. The van der Waals surface area contributed by atoms with Crippen LogP contribution in [0.3, 0.4) is 0 Å². The van der Waals surface area contributed by atoms with Gasteiger partial charge in [0.1, 0.15) is 6.04 Å². The van der Waals surface area contributed by atoms with Crippen LogP contribution in [0.5, 0.6) is 0 Å². The van der Waals surface area contributed by atoms with Crippen molar-refractivity contribution in [3.63, 3.8) is 0 Å². The molecule has 166 valence electrons. The lowest BCUT2D eigenvalue weighted by atomic mass is 10.0. The highest BCUT2D eigenvalue weighted by molar-refractivity contribution is 6.30. The highest BCUT2D eigenvalue weighted by Crippen LogP contribution is 2.18. The van der Waals surface area contributed by atoms with E-state index in [1.807, 2.05) is 79.7 Å². The van der Waals surface area contributed by atoms with Gasteiger partial charge in [-0.25, -0.2) is 0 Å². The second-order valence-electron chi connectivity index (χ2n) is 7.81. The molecule has 3 rings (SSSR count). The van der Waals surface area contributed by atoms with Crippen molar-refractivity contribution in [1.82, 2.24) is 10.2 Å². The Hall–Kier alpha value is -3.11. The molecule has 0 radical (unpaired) electrons. The van der Waals surface area contributed by atoms with Crippen molar-refractivity contribution in [3.8, 4) is 0 Å². The van der Waals surface area contributed by atoms with Gasteiger partial charge >= 0.3 is 0 Å². The van der Waals surface area contributed by atoms with Crippen molar-refractivity contribution < 1.29 is 9.59 Å². The summed E-state index contributed by atoms with van der Waals surface area (Å²) < 4.78 is 0. The SMILES string of the molecule is CCCNC(=O)C(Cc1ccccc1)N(Cc1ccccc1)C(=O)Cc1cccc(Cl)c1. The van der Waals surface area contributed by atoms with Crippen LogP contribution in [0.15, 0.2) is 84.9 Å². The number of nitrogens with zero attached hydrogens (tertiary/aromatic N) is 1. The lowest BCUT2D eigenvalue weighted by Gasteiger charge is -2.31. The topological polar surface area (TPSA) is 49.4 Å². The van der Waals surface area contributed by atoms with Crippen LogP contribution < -0.4 is 5.32 Å². The lowest BCUT2D eigenvalue weighted by molar-refractivity contribution is -0.140. The van der Waals surface area contributed by atoms with Gasteiger partial charge in [-0.2, -0.15) is 0 Å². The van der Waals surface area contributed by atoms with E-state index in [4.69, 9.17) is 11.6 Å². The van der Waals surface area contributed by atoms with E-state index in [-0.39, 0.29) is 18.2 Å². The first-order valence-corrected chi connectivity index (χ1v) is 11.3. The fourth-order valence-electron chi connectivity index (χ4n) is 3.62. The fraction of sp³-hybridized carbons (Fsp3) is 0.259. The Labute approximate surface area is 195 Å². The summed E-state index contributed by atoms with van der Waals surface area (Å²) in [6.07, 6.45) is 1.46. The normalized spacial score (nSPS) is 11.6. The predicted octanol–water partition coefficient (Wildman–Crippen LogP) is 5.05. The van der Waals surface area contributed by atoms with Crippen LogP contribution in [0.1, 0.15) is 30.0 Å². The Kier molecular flexibility index (Phi) is 8.88. The Morgan fingerprint density at radius 2 is 1.50 bits per heavy atom. The maximum atomic E-state index is 13.5. The zero-order valence-electron chi connectivity index (χ0n) is 18.3. The number of hydrogen-bond acceptors (Lipinski definition) is 2. The standard InChI is InChI=1S/C27H29ClN2O2/c1-2-16-29-27(32)25(18-21-10-5-3-6-11-21)30(20-22-12-7-4-8-13-22)26(31)19-23-14-9-15-24(28)17-23/h3-15,17,25H,2,16,18-20H2,1H3,(H,29,32). The van der Waals surface area contributed by atoms with Gasteiger partial charge < -0.3 is 10.2 Å². The van der Waals surface area contributed by atoms with Gasteiger partial charge in [-0.3, -0.25) is 9.59 Å². The number of halogens is 1. The Bertz CT molecular complexity index is 1010. The minimum Gasteiger partial charge on any atom is -0.354 e. The number of benzene rings is 3. The molecule has 0 aliphatic heterocycles. The predicted molar refractivity (Wildman–Crippen MR) is 129 cm³/mol. The lowest BCUT2D eigenvalue weighted by Crippen LogP contribution is -2.51. The van der Waals surface area contributed by atoms with Gasteiger partial charge in [0.15, 0.2) is 0 Å². The van der Waals surface area contributed by atoms with Crippen molar-refractivity contribution in [2.75, 3.05) is 6.54 Å². The van der Waals surface area contributed by atoms with E-state index < -0.39 is 6.04 Å². The molecule has 1 N–H and O–H groups in total. The first kappa shape index (κ1) is 23.6. The van der Waals surface area contributed by atoms with Gasteiger partial charge in [0, 0.05) is 24.5 Å². The minimum atomic E-state index is -0.615. The molecule has 0 saturated heterocycles. The van der Waals surface area contributed by atoms with Gasteiger partial charge in [-0.1, -0.05) is 91.3 Å². The number of carbonyl (C=O) groups excluding carboxylic acids is 2. The van der Waals surface area contributed by atoms with Crippen molar-refractivity contribution in [3.05, 3.63) is 107 Å². The molecule has 32 heavy (non-hydrogen) atoms. The highest BCUT2D eigenvalue weighted by Gasteiger charge is 2.30. The number of amides is 2. The first-order chi connectivity index (χ1) is 15.6. The second kappa shape index (κ2) is 12.1. The molecule has 0 aliphatic rings. The summed E-state index contributed by atoms with van der Waals surface area (Å²) in [5.41, 5.74) is 2.82. The largest absolute Gasteiger partial charge is 0.354 e. The van der Waals surface area contributed by atoms with E-state index in [2.05, 4.69) is 5.32 Å². The Balaban J connectivity index is 1.93. The van der Waals surface area contributed by atoms with E-state index in [0.717, 1.165) is 23.1 Å². The monoisotopic (exact) mass is 448 g/mol.